The quantitative estimate of drug-likeness (QED) is 0.199. The van der Waals surface area contributed by atoms with E-state index in [-0.39, 0.29) is 6.04 Å². The van der Waals surface area contributed by atoms with E-state index >= 15 is 0 Å². The normalized spacial score (nSPS) is 14.9. The topological polar surface area (TPSA) is 34.2 Å². The maximum atomic E-state index is 5.37. The molecule has 11 rings (SSSR count). The Kier molecular flexibility index (Phi) is 6.15. The molecule has 240 valence electrons. The molecule has 5 heteroatoms. The number of nitrogens with zero attached hydrogens (tertiary/aromatic N) is 3. The van der Waals surface area contributed by atoms with Crippen LogP contribution < -0.4 is 5.32 Å². The third kappa shape index (κ3) is 4.28. The summed E-state index contributed by atoms with van der Waals surface area (Å²) in [5.74, 6) is 1.77. The van der Waals surface area contributed by atoms with Crippen molar-refractivity contribution in [1.82, 2.24) is 14.5 Å². The van der Waals surface area contributed by atoms with Crippen molar-refractivity contribution >= 4 is 86.8 Å². The van der Waals surface area contributed by atoms with Crippen LogP contribution in [-0.2, 0) is 0 Å². The van der Waals surface area contributed by atoms with Gasteiger partial charge in [0.1, 0.15) is 11.7 Å². The Morgan fingerprint density at radius 3 is 1.98 bits per heavy atom. The summed E-state index contributed by atoms with van der Waals surface area (Å²) in [5.41, 5.74) is 8.10. The predicted molar refractivity (Wildman–Crippen MR) is 216 cm³/mol. The van der Waals surface area contributed by atoms with Crippen LogP contribution in [0.5, 0.6) is 0 Å². The van der Waals surface area contributed by atoms with E-state index in [1.54, 1.807) is 0 Å². The molecule has 0 saturated heterocycles. The second kappa shape index (κ2) is 11.0. The zero-order valence-corrected chi connectivity index (χ0v) is 28.3. The molecule has 3 aromatic heterocycles. The molecule has 4 heterocycles. The van der Waals surface area contributed by atoms with Gasteiger partial charge in [0, 0.05) is 53.0 Å². The van der Waals surface area contributed by atoms with Crippen LogP contribution in [0.2, 0.25) is 0 Å². The Morgan fingerprint density at radius 1 is 0.490 bits per heavy atom. The standard InChI is InChI=1S/C46H30N4S/c1-4-14-29(15-5-1)36-28-43(48-46(47-36)30-16-6-2-7-17-30)50-37-22-12-10-20-32(37)34-26-40-35(27-39(34)50)44-38(49(40)31-18-8-3-9-19-31)24-25-42-45(44)33-21-11-13-23-41(33)51-42/h1-28,36H,(H,47,48). The maximum absolute atomic E-state index is 5.37. The minimum atomic E-state index is -0.0503. The fourth-order valence-corrected chi connectivity index (χ4v) is 9.23. The number of fused-ring (bicyclic) bond motifs is 10. The van der Waals surface area contributed by atoms with Crippen molar-refractivity contribution < 1.29 is 0 Å². The number of para-hydroxylation sites is 2. The fourth-order valence-electron chi connectivity index (χ4n) is 8.12. The molecule has 0 bridgehead atoms. The van der Waals surface area contributed by atoms with Crippen molar-refractivity contribution in [1.29, 1.82) is 0 Å². The van der Waals surface area contributed by atoms with Gasteiger partial charge in [0.15, 0.2) is 0 Å². The van der Waals surface area contributed by atoms with Gasteiger partial charge in [-0.15, -0.1) is 11.3 Å². The highest BCUT2D eigenvalue weighted by molar-refractivity contribution is 7.26. The Balaban J connectivity index is 1.28. The molecular formula is C46H30N4S. The Hall–Kier alpha value is -6.43. The monoisotopic (exact) mass is 670 g/mol. The number of amidine groups is 1. The molecular weight excluding hydrogens is 641 g/mol. The second-order valence-electron chi connectivity index (χ2n) is 13.2. The van der Waals surface area contributed by atoms with E-state index in [9.17, 15) is 0 Å². The summed E-state index contributed by atoms with van der Waals surface area (Å²) < 4.78 is 7.44. The van der Waals surface area contributed by atoms with Crippen LogP contribution in [0, 0.1) is 0 Å². The van der Waals surface area contributed by atoms with Crippen molar-refractivity contribution in [3.8, 4) is 5.69 Å². The molecule has 51 heavy (non-hydrogen) atoms. The lowest BCUT2D eigenvalue weighted by atomic mass is 10.0. The minimum Gasteiger partial charge on any atom is -0.359 e. The first-order valence-corrected chi connectivity index (χ1v) is 18.2. The van der Waals surface area contributed by atoms with Crippen LogP contribution >= 0.6 is 11.3 Å². The van der Waals surface area contributed by atoms with Crippen molar-refractivity contribution in [3.63, 3.8) is 0 Å². The van der Waals surface area contributed by atoms with Gasteiger partial charge in [0.25, 0.3) is 0 Å². The lowest BCUT2D eigenvalue weighted by Crippen LogP contribution is -2.31. The molecule has 10 aromatic rings. The molecule has 1 aliphatic rings. The summed E-state index contributed by atoms with van der Waals surface area (Å²) in [4.78, 5) is 5.37. The number of hydrogen-bond donors (Lipinski definition) is 1. The highest BCUT2D eigenvalue weighted by Gasteiger charge is 2.25. The maximum Gasteiger partial charge on any atom is 0.138 e. The summed E-state index contributed by atoms with van der Waals surface area (Å²) in [6.45, 7) is 0. The zero-order chi connectivity index (χ0) is 33.5. The van der Waals surface area contributed by atoms with E-state index in [0.717, 1.165) is 33.9 Å². The average Bonchev–Trinajstić information content (AvgIpc) is 3.85. The lowest BCUT2D eigenvalue weighted by Gasteiger charge is -2.25. The van der Waals surface area contributed by atoms with Crippen LogP contribution in [0.4, 0.5) is 0 Å². The van der Waals surface area contributed by atoms with Gasteiger partial charge in [-0.2, -0.15) is 0 Å². The predicted octanol–water partition coefficient (Wildman–Crippen LogP) is 11.8. The van der Waals surface area contributed by atoms with E-state index in [0.29, 0.717) is 0 Å². The molecule has 1 aliphatic heterocycles. The highest BCUT2D eigenvalue weighted by Crippen LogP contribution is 2.46. The van der Waals surface area contributed by atoms with E-state index < -0.39 is 0 Å². The molecule has 0 aliphatic carbocycles. The van der Waals surface area contributed by atoms with E-state index in [4.69, 9.17) is 4.99 Å². The van der Waals surface area contributed by atoms with Gasteiger partial charge in [-0.25, -0.2) is 4.99 Å². The molecule has 1 N–H and O–H groups in total. The minimum absolute atomic E-state index is 0.0503. The summed E-state index contributed by atoms with van der Waals surface area (Å²) >= 11 is 1.87. The Bertz CT molecular complexity index is 3040. The van der Waals surface area contributed by atoms with Crippen LogP contribution in [-0.4, -0.2) is 15.0 Å². The first-order chi connectivity index (χ1) is 25.3. The Morgan fingerprint density at radius 2 is 1.16 bits per heavy atom. The molecule has 4 nitrogen and oxygen atoms in total. The fraction of sp³-hybridized carbons (Fsp3) is 0.0217. The van der Waals surface area contributed by atoms with Gasteiger partial charge in [-0.3, -0.25) is 4.57 Å². The molecule has 1 unspecified atom stereocenters. The van der Waals surface area contributed by atoms with E-state index in [2.05, 4.69) is 184 Å². The first-order valence-electron chi connectivity index (χ1n) is 17.3. The number of aromatic nitrogens is 2. The van der Waals surface area contributed by atoms with Gasteiger partial charge in [-0.1, -0.05) is 115 Å². The summed E-state index contributed by atoms with van der Waals surface area (Å²) in [6.07, 6.45) is 2.27. The molecule has 0 fully saturated rings. The smallest absolute Gasteiger partial charge is 0.138 e. The molecule has 0 spiro atoms. The summed E-state index contributed by atoms with van der Waals surface area (Å²) in [5, 5.41) is 11.3. The zero-order valence-electron chi connectivity index (χ0n) is 27.5. The second-order valence-corrected chi connectivity index (χ2v) is 14.3. The van der Waals surface area contributed by atoms with Gasteiger partial charge in [-0.05, 0) is 60.2 Å². The van der Waals surface area contributed by atoms with Gasteiger partial charge in [0.2, 0.25) is 0 Å². The molecule has 0 saturated carbocycles. The van der Waals surface area contributed by atoms with Crippen LogP contribution in [0.1, 0.15) is 17.2 Å². The molecule has 1 atom stereocenters. The molecule has 0 amide bonds. The van der Waals surface area contributed by atoms with Crippen LogP contribution in [0.25, 0.3) is 75.3 Å². The third-order valence-corrected chi connectivity index (χ3v) is 11.5. The highest BCUT2D eigenvalue weighted by atomic mass is 32.1. The third-order valence-electron chi connectivity index (χ3n) is 10.3. The summed E-state index contributed by atoms with van der Waals surface area (Å²) in [6, 6.07) is 58.9. The number of rotatable bonds is 4. The van der Waals surface area contributed by atoms with Crippen molar-refractivity contribution in [2.75, 3.05) is 0 Å². The average molecular weight is 671 g/mol. The molecule has 7 aromatic carbocycles. The van der Waals surface area contributed by atoms with Crippen molar-refractivity contribution in [2.24, 2.45) is 4.99 Å². The first kappa shape index (κ1) is 28.4. The van der Waals surface area contributed by atoms with Crippen molar-refractivity contribution in [2.45, 2.75) is 6.04 Å². The lowest BCUT2D eigenvalue weighted by molar-refractivity contribution is 0.773. The van der Waals surface area contributed by atoms with Gasteiger partial charge < -0.3 is 9.88 Å². The Labute approximate surface area is 297 Å². The number of nitrogens with one attached hydrogen (secondary N) is 1. The van der Waals surface area contributed by atoms with Crippen molar-refractivity contribution in [3.05, 3.63) is 181 Å². The number of hydrogen-bond acceptors (Lipinski definition) is 3. The SMILES string of the molecule is C1=C(n2c3ccccc3c3cc4c(cc32)c2c3c(ccc2n4-c2ccccc2)sc2ccccc23)N=C(c2ccccc2)NC1c1ccccc1. The number of aliphatic imine (C=N–C) groups is 1. The van der Waals surface area contributed by atoms with E-state index in [1.807, 2.05) is 11.3 Å². The van der Waals surface area contributed by atoms with Gasteiger partial charge >= 0.3 is 0 Å². The molecule has 0 radical (unpaired) electrons. The van der Waals surface area contributed by atoms with Crippen LogP contribution in [0.3, 0.4) is 0 Å². The largest absolute Gasteiger partial charge is 0.359 e. The number of benzene rings is 7. The van der Waals surface area contributed by atoms with Gasteiger partial charge in [0.05, 0.1) is 28.1 Å². The van der Waals surface area contributed by atoms with Crippen LogP contribution in [0.15, 0.2) is 175 Å². The number of thiophene rings is 1. The summed E-state index contributed by atoms with van der Waals surface area (Å²) in [7, 11) is 0. The van der Waals surface area contributed by atoms with E-state index in [1.165, 1.54) is 58.3 Å².